The van der Waals surface area contributed by atoms with E-state index in [1.807, 2.05) is 12.1 Å². The number of anilines is 1. The van der Waals surface area contributed by atoms with Crippen molar-refractivity contribution >= 4 is 34.0 Å². The number of benzene rings is 2. The third-order valence-electron chi connectivity index (χ3n) is 3.18. The number of amidine groups is 1. The van der Waals surface area contributed by atoms with Crippen LogP contribution in [0.3, 0.4) is 0 Å². The van der Waals surface area contributed by atoms with Crippen molar-refractivity contribution in [2.75, 3.05) is 5.43 Å². The van der Waals surface area contributed by atoms with Gasteiger partial charge in [-0.15, -0.1) is 0 Å². The second kappa shape index (κ2) is 5.93. The van der Waals surface area contributed by atoms with Crippen LogP contribution in [-0.2, 0) is 0 Å². The molecule has 0 aliphatic carbocycles. The summed E-state index contributed by atoms with van der Waals surface area (Å²) < 4.78 is 0. The van der Waals surface area contributed by atoms with Crippen LogP contribution in [0, 0.1) is 23.7 Å². The van der Waals surface area contributed by atoms with E-state index in [1.54, 1.807) is 31.2 Å². The van der Waals surface area contributed by atoms with Crippen molar-refractivity contribution in [1.82, 2.24) is 0 Å². The minimum atomic E-state index is -1.05. The molecule has 7 nitrogen and oxygen atoms in total. The fourth-order valence-electron chi connectivity index (χ4n) is 2.07. The quantitative estimate of drug-likeness (QED) is 0.389. The number of nitrogens with zero attached hydrogens (tertiary/aromatic N) is 2. The van der Waals surface area contributed by atoms with Gasteiger partial charge in [0.1, 0.15) is 6.07 Å². The zero-order chi connectivity index (χ0) is 16.3. The van der Waals surface area contributed by atoms with Gasteiger partial charge in [0.2, 0.25) is 5.71 Å². The molecule has 0 fully saturated rings. The van der Waals surface area contributed by atoms with Gasteiger partial charge < -0.3 is 10.8 Å². The lowest BCUT2D eigenvalue weighted by molar-refractivity contribution is 0.0696. The van der Waals surface area contributed by atoms with E-state index in [0.29, 0.717) is 11.3 Å². The number of rotatable bonds is 4. The minimum Gasteiger partial charge on any atom is -0.478 e. The molecule has 0 heterocycles. The van der Waals surface area contributed by atoms with Crippen LogP contribution < -0.4 is 11.2 Å². The summed E-state index contributed by atoms with van der Waals surface area (Å²) >= 11 is 0. The maximum absolute atomic E-state index is 11.4. The summed E-state index contributed by atoms with van der Waals surface area (Å²) in [6.07, 6.45) is 0. The Kier molecular flexibility index (Phi) is 4.04. The molecule has 0 aromatic heterocycles. The van der Waals surface area contributed by atoms with E-state index in [2.05, 4.69) is 10.5 Å². The number of carboxylic acid groups (broad SMARTS) is 1. The third-order valence-corrected chi connectivity index (χ3v) is 3.18. The van der Waals surface area contributed by atoms with Gasteiger partial charge in [0.25, 0.3) is 0 Å². The molecule has 7 heteroatoms. The Labute approximate surface area is 126 Å². The molecule has 0 radical (unpaired) electrons. The first-order valence-corrected chi connectivity index (χ1v) is 6.29. The van der Waals surface area contributed by atoms with Crippen molar-refractivity contribution < 1.29 is 9.90 Å². The smallest absolute Gasteiger partial charge is 0.336 e. The Morgan fingerprint density at radius 2 is 2.14 bits per heavy atom. The molecule has 0 aliphatic heterocycles. The molecule has 0 aliphatic rings. The summed E-state index contributed by atoms with van der Waals surface area (Å²) in [6.45, 7) is 1.65. The van der Waals surface area contributed by atoms with Crippen LogP contribution in [0.5, 0.6) is 0 Å². The van der Waals surface area contributed by atoms with Gasteiger partial charge >= 0.3 is 5.97 Å². The molecule has 0 spiro atoms. The Morgan fingerprint density at radius 3 is 2.73 bits per heavy atom. The number of aromatic carboxylic acids is 1. The molecule has 0 saturated carbocycles. The van der Waals surface area contributed by atoms with Gasteiger partial charge in [0.15, 0.2) is 5.84 Å². The molecule has 22 heavy (non-hydrogen) atoms. The minimum absolute atomic E-state index is 0.137. The van der Waals surface area contributed by atoms with E-state index in [0.717, 1.165) is 10.8 Å². The molecule has 5 N–H and O–H groups in total. The molecule has 2 aromatic rings. The lowest BCUT2D eigenvalue weighted by atomic mass is 9.99. The summed E-state index contributed by atoms with van der Waals surface area (Å²) in [6, 6.07) is 10.5. The zero-order valence-corrected chi connectivity index (χ0v) is 11.7. The van der Waals surface area contributed by atoms with Gasteiger partial charge in [-0.1, -0.05) is 24.3 Å². The first-order valence-electron chi connectivity index (χ1n) is 6.29. The highest BCUT2D eigenvalue weighted by molar-refractivity contribution is 6.45. The number of hydrogen-bond donors (Lipinski definition) is 4. The Hall–Kier alpha value is -3.40. The highest BCUT2D eigenvalue weighted by atomic mass is 16.4. The van der Waals surface area contributed by atoms with Gasteiger partial charge in [-0.05, 0) is 23.9 Å². The Morgan fingerprint density at radius 1 is 1.45 bits per heavy atom. The van der Waals surface area contributed by atoms with Crippen LogP contribution in [-0.4, -0.2) is 22.6 Å². The van der Waals surface area contributed by atoms with Gasteiger partial charge in [0.05, 0.1) is 11.3 Å². The summed E-state index contributed by atoms with van der Waals surface area (Å²) in [7, 11) is 0. The molecule has 0 atom stereocenters. The van der Waals surface area contributed by atoms with Crippen molar-refractivity contribution in [3.05, 3.63) is 41.5 Å². The average molecular weight is 295 g/mol. The molecule has 2 aromatic carbocycles. The predicted molar refractivity (Wildman–Crippen MR) is 84.2 cm³/mol. The summed E-state index contributed by atoms with van der Waals surface area (Å²) in [5.41, 5.74) is 8.71. The number of carboxylic acids is 1. The number of nitrogens with one attached hydrogen (secondary N) is 2. The average Bonchev–Trinajstić information content (AvgIpc) is 2.48. The second-order valence-electron chi connectivity index (χ2n) is 4.55. The van der Waals surface area contributed by atoms with Crippen LogP contribution in [0.1, 0.15) is 15.9 Å². The largest absolute Gasteiger partial charge is 0.478 e. The fourth-order valence-corrected chi connectivity index (χ4v) is 2.07. The standard InChI is InChI=1S/C15H13N5O2/c1-8-11(15(21)22)6-9-4-2-3-5-10(9)13(8)20-19-12(7-16)14(17)18/h2-6,20H,1H3,(H3,17,18)(H,21,22)/b19-12+. The van der Waals surface area contributed by atoms with Crippen molar-refractivity contribution in [2.45, 2.75) is 6.92 Å². The maximum Gasteiger partial charge on any atom is 0.336 e. The number of hydrogen-bond acceptors (Lipinski definition) is 5. The SMILES string of the molecule is Cc1c(C(=O)O)cc2ccccc2c1N/N=C(\C#N)C(=N)N. The molecule has 0 amide bonds. The van der Waals surface area contributed by atoms with Gasteiger partial charge in [-0.25, -0.2) is 4.79 Å². The molecular formula is C15H13N5O2. The van der Waals surface area contributed by atoms with Crippen LogP contribution in [0.4, 0.5) is 5.69 Å². The van der Waals surface area contributed by atoms with Crippen molar-refractivity contribution in [2.24, 2.45) is 10.8 Å². The van der Waals surface area contributed by atoms with Crippen LogP contribution in [0.2, 0.25) is 0 Å². The summed E-state index contributed by atoms with van der Waals surface area (Å²) in [4.78, 5) is 11.4. The first kappa shape index (κ1) is 15.0. The lowest BCUT2D eigenvalue weighted by Crippen LogP contribution is -2.22. The molecule has 0 bridgehead atoms. The molecule has 0 saturated heterocycles. The number of fused-ring (bicyclic) bond motifs is 1. The third kappa shape index (κ3) is 2.71. The topological polar surface area (TPSA) is 135 Å². The highest BCUT2D eigenvalue weighted by Crippen LogP contribution is 2.30. The van der Waals surface area contributed by atoms with E-state index in [4.69, 9.17) is 16.4 Å². The van der Waals surface area contributed by atoms with Crippen molar-refractivity contribution in [3.63, 3.8) is 0 Å². The lowest BCUT2D eigenvalue weighted by Gasteiger charge is -2.12. The van der Waals surface area contributed by atoms with Crippen LogP contribution in [0.15, 0.2) is 35.4 Å². The second-order valence-corrected chi connectivity index (χ2v) is 4.55. The molecule has 110 valence electrons. The van der Waals surface area contributed by atoms with Gasteiger partial charge in [-0.2, -0.15) is 10.4 Å². The van der Waals surface area contributed by atoms with Crippen molar-refractivity contribution in [1.29, 1.82) is 10.7 Å². The van der Waals surface area contributed by atoms with E-state index >= 15 is 0 Å². The van der Waals surface area contributed by atoms with E-state index in [-0.39, 0.29) is 11.3 Å². The number of nitriles is 1. The normalized spacial score (nSPS) is 11.0. The van der Waals surface area contributed by atoms with Gasteiger partial charge in [-0.3, -0.25) is 10.8 Å². The van der Waals surface area contributed by atoms with Gasteiger partial charge in [0, 0.05) is 5.39 Å². The fraction of sp³-hybridized carbons (Fsp3) is 0.0667. The summed E-state index contributed by atoms with van der Waals surface area (Å²) in [5, 5.41) is 30.7. The predicted octanol–water partition coefficient (Wildman–Crippen LogP) is 2.07. The van der Waals surface area contributed by atoms with E-state index in [1.165, 1.54) is 0 Å². The number of hydrazone groups is 1. The highest BCUT2D eigenvalue weighted by Gasteiger charge is 2.14. The monoisotopic (exact) mass is 295 g/mol. The van der Waals surface area contributed by atoms with Crippen LogP contribution >= 0.6 is 0 Å². The molecule has 2 rings (SSSR count). The van der Waals surface area contributed by atoms with E-state index in [9.17, 15) is 9.90 Å². The summed E-state index contributed by atoms with van der Waals surface area (Å²) in [5.74, 6) is -1.52. The first-order chi connectivity index (χ1) is 10.5. The molecule has 0 unspecified atom stereocenters. The Bertz CT molecular complexity index is 849. The van der Waals surface area contributed by atoms with E-state index < -0.39 is 11.8 Å². The Balaban J connectivity index is 2.66. The number of nitrogens with two attached hydrogens (primary N) is 1. The van der Waals surface area contributed by atoms with Crippen molar-refractivity contribution in [3.8, 4) is 6.07 Å². The van der Waals surface area contributed by atoms with Crippen LogP contribution in [0.25, 0.3) is 10.8 Å². The molecular weight excluding hydrogens is 282 g/mol. The maximum atomic E-state index is 11.4. The zero-order valence-electron chi connectivity index (χ0n) is 11.7. The number of carbonyl (C=O) groups is 1.